The molecule has 1 unspecified atom stereocenters. The van der Waals surface area contributed by atoms with Gasteiger partial charge < -0.3 is 9.42 Å². The van der Waals surface area contributed by atoms with Crippen LogP contribution >= 0.6 is 7.60 Å². The monoisotopic (exact) mass is 374 g/mol. The number of rotatable bonds is 8. The molecule has 0 radical (unpaired) electrons. The van der Waals surface area contributed by atoms with E-state index in [9.17, 15) is 14.3 Å². The Hall–Kier alpha value is -1.74. The predicted octanol–water partition coefficient (Wildman–Crippen LogP) is 4.45. The van der Waals surface area contributed by atoms with Gasteiger partial charge in [0, 0.05) is 11.1 Å². The van der Waals surface area contributed by atoms with Gasteiger partial charge in [0.15, 0.2) is 5.78 Å². The highest BCUT2D eigenvalue weighted by molar-refractivity contribution is 7.61. The maximum atomic E-state index is 13.4. The van der Waals surface area contributed by atoms with Gasteiger partial charge in [0.2, 0.25) is 0 Å². The first-order valence-corrected chi connectivity index (χ1v) is 10.7. The zero-order valence-corrected chi connectivity index (χ0v) is 16.8. The average molecular weight is 374 g/mol. The van der Waals surface area contributed by atoms with E-state index in [1.807, 2.05) is 13.8 Å². The van der Waals surface area contributed by atoms with Gasteiger partial charge >= 0.3 is 7.60 Å². The normalized spacial score (nSPS) is 13.4. The lowest BCUT2D eigenvalue weighted by atomic mass is 9.89. The number of hydrogen-bond donors (Lipinski definition) is 1. The van der Waals surface area contributed by atoms with Crippen LogP contribution in [0.3, 0.4) is 0 Å². The first-order chi connectivity index (χ1) is 12.4. The quantitative estimate of drug-likeness (QED) is 0.548. The molecule has 0 heterocycles. The number of benzene rings is 2. The molecule has 2 aromatic carbocycles. The summed E-state index contributed by atoms with van der Waals surface area (Å²) < 4.78 is 17.6. The molecule has 4 nitrogen and oxygen atoms in total. The van der Waals surface area contributed by atoms with E-state index in [-0.39, 0.29) is 23.3 Å². The summed E-state index contributed by atoms with van der Waals surface area (Å²) >= 11 is 0. The van der Waals surface area contributed by atoms with Crippen molar-refractivity contribution in [2.75, 3.05) is 6.61 Å². The van der Waals surface area contributed by atoms with Crippen LogP contribution in [0.4, 0.5) is 0 Å². The first-order valence-electron chi connectivity index (χ1n) is 9.15. The molecule has 0 fully saturated rings. The summed E-state index contributed by atoms with van der Waals surface area (Å²) in [5.41, 5.74) is 4.04. The van der Waals surface area contributed by atoms with Crippen LogP contribution in [0, 0.1) is 0 Å². The third kappa shape index (κ3) is 4.15. The summed E-state index contributed by atoms with van der Waals surface area (Å²) in [7, 11) is -4.04. The fraction of sp³-hybridized carbons (Fsp3) is 0.381. The van der Waals surface area contributed by atoms with Crippen molar-refractivity contribution in [2.45, 2.75) is 47.0 Å². The lowest BCUT2D eigenvalue weighted by molar-refractivity contribution is 0.103. The number of carbonyl (C=O) groups is 1. The van der Waals surface area contributed by atoms with Gasteiger partial charge in [-0.25, -0.2) is 0 Å². The predicted molar refractivity (Wildman–Crippen MR) is 106 cm³/mol. The molecule has 0 saturated heterocycles. The molecule has 0 aliphatic rings. The van der Waals surface area contributed by atoms with Crippen LogP contribution < -0.4 is 5.30 Å². The van der Waals surface area contributed by atoms with Gasteiger partial charge in [-0.05, 0) is 48.9 Å². The molecular weight excluding hydrogens is 347 g/mol. The Labute approximate surface area is 155 Å². The fourth-order valence-electron chi connectivity index (χ4n) is 3.18. The highest BCUT2D eigenvalue weighted by Crippen LogP contribution is 2.42. The van der Waals surface area contributed by atoms with Gasteiger partial charge in [-0.2, -0.15) is 0 Å². The Morgan fingerprint density at radius 2 is 1.58 bits per heavy atom. The summed E-state index contributed by atoms with van der Waals surface area (Å²) in [6.07, 6.45) is 2.36. The van der Waals surface area contributed by atoms with Crippen molar-refractivity contribution in [2.24, 2.45) is 0 Å². The molecule has 1 N–H and O–H groups in total. The van der Waals surface area contributed by atoms with Crippen LogP contribution in [0.1, 0.15) is 60.3 Å². The lowest BCUT2D eigenvalue weighted by Crippen LogP contribution is -2.20. The Morgan fingerprint density at radius 1 is 1.00 bits per heavy atom. The second kappa shape index (κ2) is 8.77. The van der Waals surface area contributed by atoms with Crippen LogP contribution in [0.15, 0.2) is 36.4 Å². The summed E-state index contributed by atoms with van der Waals surface area (Å²) in [6.45, 7) is 7.89. The van der Waals surface area contributed by atoms with E-state index < -0.39 is 7.60 Å². The molecule has 26 heavy (non-hydrogen) atoms. The van der Waals surface area contributed by atoms with Crippen LogP contribution in [0.2, 0.25) is 0 Å². The number of aryl methyl sites for hydroxylation is 3. The highest BCUT2D eigenvalue weighted by Gasteiger charge is 2.29. The summed E-state index contributed by atoms with van der Waals surface area (Å²) in [6, 6.07) is 10.6. The Morgan fingerprint density at radius 3 is 2.08 bits per heavy atom. The van der Waals surface area contributed by atoms with Crippen molar-refractivity contribution in [3.05, 3.63) is 64.2 Å². The Kier molecular flexibility index (Phi) is 6.94. The van der Waals surface area contributed by atoms with Gasteiger partial charge in [0.05, 0.1) is 11.9 Å². The van der Waals surface area contributed by atoms with Gasteiger partial charge in [-0.1, -0.05) is 51.1 Å². The van der Waals surface area contributed by atoms with E-state index in [1.54, 1.807) is 25.1 Å². The molecule has 1 atom stereocenters. The molecular formula is C21H27O4P. The van der Waals surface area contributed by atoms with Gasteiger partial charge in [0.25, 0.3) is 0 Å². The molecule has 0 bridgehead atoms. The van der Waals surface area contributed by atoms with Crippen molar-refractivity contribution >= 4 is 18.7 Å². The molecule has 0 aliphatic heterocycles. The van der Waals surface area contributed by atoms with Crippen molar-refractivity contribution in [1.29, 1.82) is 0 Å². The smallest absolute Gasteiger partial charge is 0.321 e. The standard InChI is InChI=1S/C21H27O4P/c1-5-15-13-16(6-2)20(17(7-3)14-15)21(22)18-11-9-10-12-19(18)26(23,24)25-8-4/h9-14H,5-8H2,1-4H3,(H,23,24). The first kappa shape index (κ1) is 20.6. The van der Waals surface area contributed by atoms with Crippen LogP contribution in [0.5, 0.6) is 0 Å². The summed E-state index contributed by atoms with van der Waals surface area (Å²) in [4.78, 5) is 23.7. The second-order valence-corrected chi connectivity index (χ2v) is 7.92. The number of carbonyl (C=O) groups excluding carboxylic acids is 1. The minimum atomic E-state index is -4.04. The third-order valence-corrected chi connectivity index (χ3v) is 6.12. The Bertz CT molecular complexity index is 817. The molecule has 5 heteroatoms. The van der Waals surface area contributed by atoms with Gasteiger partial charge in [-0.15, -0.1) is 0 Å². The topological polar surface area (TPSA) is 63.6 Å². The molecule has 0 saturated carbocycles. The minimum Gasteiger partial charge on any atom is -0.321 e. The number of hydrogen-bond acceptors (Lipinski definition) is 3. The molecule has 0 aliphatic carbocycles. The van der Waals surface area contributed by atoms with Gasteiger partial charge in [-0.3, -0.25) is 9.36 Å². The van der Waals surface area contributed by atoms with Gasteiger partial charge in [0.1, 0.15) is 0 Å². The second-order valence-electron chi connectivity index (χ2n) is 6.13. The molecule has 140 valence electrons. The average Bonchev–Trinajstić information content (AvgIpc) is 2.66. The SMILES string of the molecule is CCOP(=O)(O)c1ccccc1C(=O)c1c(CC)cc(CC)cc1CC. The van der Waals surface area contributed by atoms with Crippen molar-refractivity contribution < 1.29 is 18.8 Å². The van der Waals surface area contributed by atoms with E-state index in [0.717, 1.165) is 30.4 Å². The van der Waals surface area contributed by atoms with E-state index in [4.69, 9.17) is 4.52 Å². The van der Waals surface area contributed by atoms with Crippen molar-refractivity contribution in [3.8, 4) is 0 Å². The van der Waals surface area contributed by atoms with E-state index in [0.29, 0.717) is 5.56 Å². The largest absolute Gasteiger partial charge is 0.359 e. The Balaban J connectivity index is 2.67. The van der Waals surface area contributed by atoms with E-state index >= 15 is 0 Å². The van der Waals surface area contributed by atoms with Crippen LogP contribution in [-0.4, -0.2) is 17.3 Å². The number of ketones is 1. The van der Waals surface area contributed by atoms with Crippen molar-refractivity contribution in [3.63, 3.8) is 0 Å². The molecule has 0 amide bonds. The highest BCUT2D eigenvalue weighted by atomic mass is 31.2. The summed E-state index contributed by atoms with van der Waals surface area (Å²) in [5.74, 6) is -0.217. The molecule has 2 rings (SSSR count). The lowest BCUT2D eigenvalue weighted by Gasteiger charge is -2.18. The summed E-state index contributed by atoms with van der Waals surface area (Å²) in [5, 5.41) is 0.0653. The minimum absolute atomic E-state index is 0.0653. The molecule has 2 aromatic rings. The maximum absolute atomic E-state index is 13.4. The van der Waals surface area contributed by atoms with Crippen LogP contribution in [0.25, 0.3) is 0 Å². The maximum Gasteiger partial charge on any atom is 0.359 e. The molecule has 0 aromatic heterocycles. The van der Waals surface area contributed by atoms with Crippen LogP contribution in [-0.2, 0) is 28.4 Å². The zero-order chi connectivity index (χ0) is 19.3. The van der Waals surface area contributed by atoms with E-state index in [2.05, 4.69) is 19.1 Å². The third-order valence-electron chi connectivity index (χ3n) is 4.52. The van der Waals surface area contributed by atoms with Crippen molar-refractivity contribution in [1.82, 2.24) is 0 Å². The van der Waals surface area contributed by atoms with E-state index in [1.165, 1.54) is 11.6 Å². The zero-order valence-electron chi connectivity index (χ0n) is 15.9. The fourth-order valence-corrected chi connectivity index (χ4v) is 4.43. The molecule has 0 spiro atoms.